The van der Waals surface area contributed by atoms with E-state index in [0.29, 0.717) is 24.0 Å². The highest BCUT2D eigenvalue weighted by molar-refractivity contribution is 5.92. The molecule has 2 heterocycles. The molecule has 8 heteroatoms. The first-order valence-electron chi connectivity index (χ1n) is 8.47. The molecule has 0 aliphatic heterocycles. The van der Waals surface area contributed by atoms with E-state index in [4.69, 9.17) is 9.26 Å². The van der Waals surface area contributed by atoms with E-state index < -0.39 is 0 Å². The minimum Gasteiger partial charge on any atom is -0.486 e. The Labute approximate surface area is 151 Å². The van der Waals surface area contributed by atoms with Crippen molar-refractivity contribution in [2.24, 2.45) is 5.92 Å². The van der Waals surface area contributed by atoms with Crippen LogP contribution in [0.2, 0.25) is 0 Å². The predicted molar refractivity (Wildman–Crippen MR) is 94.0 cm³/mol. The maximum absolute atomic E-state index is 12.0. The van der Waals surface area contributed by atoms with E-state index in [0.717, 1.165) is 12.1 Å². The number of rotatable bonds is 8. The van der Waals surface area contributed by atoms with Crippen LogP contribution in [0.4, 0.5) is 0 Å². The van der Waals surface area contributed by atoms with Crippen LogP contribution in [0.25, 0.3) is 5.69 Å². The van der Waals surface area contributed by atoms with E-state index in [1.165, 1.54) is 6.33 Å². The standard InChI is InChI=1S/C18H21N5O3/c1-3-13(2)9-20-18(24)17-8-16(26-22-17)10-25-15-6-4-14(5-7-15)23-12-19-11-21-23/h4-8,11-13H,3,9-10H2,1-2H3,(H,20,24)/t13-/m1/s1. The number of nitrogens with one attached hydrogen (secondary N) is 1. The topological polar surface area (TPSA) is 95.1 Å². The smallest absolute Gasteiger partial charge is 0.273 e. The third kappa shape index (κ3) is 4.47. The van der Waals surface area contributed by atoms with Gasteiger partial charge in [0.15, 0.2) is 11.5 Å². The maximum atomic E-state index is 12.0. The SMILES string of the molecule is CC[C@@H](C)CNC(=O)c1cc(COc2ccc(-n3cncn3)cc2)on1. The fraction of sp³-hybridized carbons (Fsp3) is 0.333. The van der Waals surface area contributed by atoms with E-state index in [9.17, 15) is 4.79 Å². The highest BCUT2D eigenvalue weighted by Crippen LogP contribution is 2.16. The molecule has 136 valence electrons. The van der Waals surface area contributed by atoms with Crippen LogP contribution in [-0.4, -0.2) is 32.4 Å². The van der Waals surface area contributed by atoms with Crippen LogP contribution in [0, 0.1) is 5.92 Å². The Morgan fingerprint density at radius 1 is 1.35 bits per heavy atom. The number of ether oxygens (including phenoxy) is 1. The molecule has 8 nitrogen and oxygen atoms in total. The number of carbonyl (C=O) groups is 1. The largest absolute Gasteiger partial charge is 0.486 e. The summed E-state index contributed by atoms with van der Waals surface area (Å²) in [6, 6.07) is 8.99. The molecule has 26 heavy (non-hydrogen) atoms. The van der Waals surface area contributed by atoms with Crippen LogP contribution in [0.15, 0.2) is 47.5 Å². The molecular formula is C18H21N5O3. The van der Waals surface area contributed by atoms with Crippen LogP contribution < -0.4 is 10.1 Å². The van der Waals surface area contributed by atoms with Gasteiger partial charge in [0.05, 0.1) is 5.69 Å². The van der Waals surface area contributed by atoms with Gasteiger partial charge in [0, 0.05) is 12.6 Å². The first kappa shape index (κ1) is 17.7. The molecule has 3 rings (SSSR count). The van der Waals surface area contributed by atoms with Crippen molar-refractivity contribution in [3.63, 3.8) is 0 Å². The lowest BCUT2D eigenvalue weighted by Gasteiger charge is -2.08. The predicted octanol–water partition coefficient (Wildman–Crippen LogP) is 2.61. The number of hydrogen-bond donors (Lipinski definition) is 1. The summed E-state index contributed by atoms with van der Waals surface area (Å²) >= 11 is 0. The fourth-order valence-corrected chi connectivity index (χ4v) is 2.18. The number of benzene rings is 1. The summed E-state index contributed by atoms with van der Waals surface area (Å²) in [5.74, 6) is 1.35. The van der Waals surface area contributed by atoms with Gasteiger partial charge in [-0.25, -0.2) is 9.67 Å². The van der Waals surface area contributed by atoms with E-state index in [1.54, 1.807) is 17.1 Å². The van der Waals surface area contributed by atoms with Crippen molar-refractivity contribution < 1.29 is 14.1 Å². The molecule has 1 N–H and O–H groups in total. The third-order valence-electron chi connectivity index (χ3n) is 4.00. The van der Waals surface area contributed by atoms with Crippen molar-refractivity contribution in [3.8, 4) is 11.4 Å². The van der Waals surface area contributed by atoms with Gasteiger partial charge in [0.25, 0.3) is 5.91 Å². The quantitative estimate of drug-likeness (QED) is 0.667. The van der Waals surface area contributed by atoms with Gasteiger partial charge in [-0.2, -0.15) is 5.10 Å². The molecule has 0 bridgehead atoms. The van der Waals surface area contributed by atoms with Crippen molar-refractivity contribution in [1.82, 2.24) is 25.2 Å². The van der Waals surface area contributed by atoms with Crippen molar-refractivity contribution >= 4 is 5.91 Å². The summed E-state index contributed by atoms with van der Waals surface area (Å²) in [6.45, 7) is 4.97. The van der Waals surface area contributed by atoms with Gasteiger partial charge >= 0.3 is 0 Å². The summed E-state index contributed by atoms with van der Waals surface area (Å²) in [5.41, 5.74) is 1.14. The lowest BCUT2D eigenvalue weighted by Crippen LogP contribution is -2.28. The molecule has 0 saturated carbocycles. The van der Waals surface area contributed by atoms with E-state index in [2.05, 4.69) is 34.4 Å². The van der Waals surface area contributed by atoms with Crippen molar-refractivity contribution in [2.45, 2.75) is 26.9 Å². The Morgan fingerprint density at radius 2 is 2.15 bits per heavy atom. The molecule has 0 aliphatic rings. The highest BCUT2D eigenvalue weighted by atomic mass is 16.5. The normalized spacial score (nSPS) is 11.9. The zero-order valence-corrected chi connectivity index (χ0v) is 14.8. The zero-order valence-electron chi connectivity index (χ0n) is 14.8. The van der Waals surface area contributed by atoms with E-state index in [-0.39, 0.29) is 18.2 Å². The molecule has 2 aromatic heterocycles. The monoisotopic (exact) mass is 355 g/mol. The van der Waals surface area contributed by atoms with Gasteiger partial charge < -0.3 is 14.6 Å². The van der Waals surface area contributed by atoms with Crippen LogP contribution >= 0.6 is 0 Å². The van der Waals surface area contributed by atoms with Crippen LogP contribution in [0.3, 0.4) is 0 Å². The Bertz CT molecular complexity index is 827. The molecular weight excluding hydrogens is 334 g/mol. The van der Waals surface area contributed by atoms with Gasteiger partial charge in [-0.15, -0.1) is 0 Å². The molecule has 1 aromatic carbocycles. The lowest BCUT2D eigenvalue weighted by atomic mass is 10.1. The minimum absolute atomic E-state index is 0.189. The number of aromatic nitrogens is 4. The number of amides is 1. The van der Waals surface area contributed by atoms with Crippen molar-refractivity contribution in [1.29, 1.82) is 0 Å². The van der Waals surface area contributed by atoms with Crippen LogP contribution in [0.1, 0.15) is 36.5 Å². The molecule has 0 fully saturated rings. The van der Waals surface area contributed by atoms with Crippen LogP contribution in [0.5, 0.6) is 5.75 Å². The summed E-state index contributed by atoms with van der Waals surface area (Å²) in [5, 5.41) is 10.7. The molecule has 1 amide bonds. The second-order valence-electron chi connectivity index (χ2n) is 6.02. The third-order valence-corrected chi connectivity index (χ3v) is 4.00. The van der Waals surface area contributed by atoms with Crippen LogP contribution in [-0.2, 0) is 6.61 Å². The number of nitrogens with zero attached hydrogens (tertiary/aromatic N) is 4. The summed E-state index contributed by atoms with van der Waals surface area (Å²) in [7, 11) is 0. The van der Waals surface area contributed by atoms with E-state index in [1.807, 2.05) is 24.3 Å². The minimum atomic E-state index is -0.238. The second-order valence-corrected chi connectivity index (χ2v) is 6.02. The molecule has 0 radical (unpaired) electrons. The first-order chi connectivity index (χ1) is 12.7. The van der Waals surface area contributed by atoms with Crippen molar-refractivity contribution in [2.75, 3.05) is 6.54 Å². The summed E-state index contributed by atoms with van der Waals surface area (Å²) < 4.78 is 12.5. The molecule has 1 atom stereocenters. The Hall–Kier alpha value is -3.16. The summed E-state index contributed by atoms with van der Waals surface area (Å²) in [6.07, 6.45) is 4.11. The average Bonchev–Trinajstić information content (AvgIpc) is 3.36. The van der Waals surface area contributed by atoms with Gasteiger partial charge in [-0.05, 0) is 30.2 Å². The molecule has 0 aliphatic carbocycles. The van der Waals surface area contributed by atoms with Gasteiger partial charge in [0.1, 0.15) is 25.0 Å². The summed E-state index contributed by atoms with van der Waals surface area (Å²) in [4.78, 5) is 15.9. The highest BCUT2D eigenvalue weighted by Gasteiger charge is 2.13. The Kier molecular flexibility index (Phi) is 5.62. The van der Waals surface area contributed by atoms with Gasteiger partial charge in [0.2, 0.25) is 0 Å². The molecule has 0 unspecified atom stereocenters. The van der Waals surface area contributed by atoms with Gasteiger partial charge in [-0.1, -0.05) is 25.4 Å². The number of carbonyl (C=O) groups excluding carboxylic acids is 1. The zero-order chi connectivity index (χ0) is 18.4. The number of hydrogen-bond acceptors (Lipinski definition) is 6. The second kappa shape index (κ2) is 8.28. The fourth-order valence-electron chi connectivity index (χ4n) is 2.18. The molecule has 0 spiro atoms. The molecule has 0 saturated heterocycles. The average molecular weight is 355 g/mol. The van der Waals surface area contributed by atoms with E-state index >= 15 is 0 Å². The Balaban J connectivity index is 1.52. The molecule has 3 aromatic rings. The Morgan fingerprint density at radius 3 is 2.85 bits per heavy atom. The van der Waals surface area contributed by atoms with Gasteiger partial charge in [-0.3, -0.25) is 4.79 Å². The maximum Gasteiger partial charge on any atom is 0.273 e. The van der Waals surface area contributed by atoms with Crippen molar-refractivity contribution in [3.05, 3.63) is 54.4 Å². The first-order valence-corrected chi connectivity index (χ1v) is 8.47. The lowest BCUT2D eigenvalue weighted by molar-refractivity contribution is 0.0938.